The van der Waals surface area contributed by atoms with E-state index in [2.05, 4.69) is 44.9 Å². The average molecular weight is 274 g/mol. The second-order valence-electron chi connectivity index (χ2n) is 6.31. The molecule has 1 fully saturated rings. The summed E-state index contributed by atoms with van der Waals surface area (Å²) in [6.45, 7) is 7.66. The zero-order valence-corrected chi connectivity index (χ0v) is 12.2. The van der Waals surface area contributed by atoms with Crippen LogP contribution in [0.25, 0.3) is 0 Å². The van der Waals surface area contributed by atoms with Crippen LogP contribution in [0.3, 0.4) is 0 Å². The van der Waals surface area contributed by atoms with Gasteiger partial charge < -0.3 is 4.57 Å². The third-order valence-electron chi connectivity index (χ3n) is 4.21. The van der Waals surface area contributed by atoms with Gasteiger partial charge >= 0.3 is 0 Å². The molecule has 20 heavy (non-hydrogen) atoms. The summed E-state index contributed by atoms with van der Waals surface area (Å²) in [5.41, 5.74) is -0.406. The van der Waals surface area contributed by atoms with Gasteiger partial charge in [0, 0.05) is 25.7 Å². The molecule has 1 atom stereocenters. The van der Waals surface area contributed by atoms with E-state index in [9.17, 15) is 5.26 Å². The van der Waals surface area contributed by atoms with Gasteiger partial charge in [0.15, 0.2) is 0 Å². The van der Waals surface area contributed by atoms with Crippen LogP contribution < -0.4 is 5.32 Å². The van der Waals surface area contributed by atoms with Crippen molar-refractivity contribution in [3.8, 4) is 6.07 Å². The third-order valence-corrected chi connectivity index (χ3v) is 4.21. The standard InChI is InChI=1S/C14H22N6/c1-11(2)17-14(8-15,12-3-4-12)9-19-5-6-20-10-16-18-13(20)7-19/h10-12,17H,3-7,9H2,1-2H3. The minimum absolute atomic E-state index is 0.323. The van der Waals surface area contributed by atoms with E-state index in [1.54, 1.807) is 6.33 Å². The van der Waals surface area contributed by atoms with Crippen molar-refractivity contribution in [2.45, 2.75) is 51.4 Å². The maximum absolute atomic E-state index is 9.75. The fraction of sp³-hybridized carbons (Fsp3) is 0.786. The predicted molar refractivity (Wildman–Crippen MR) is 74.6 cm³/mol. The molecule has 1 aliphatic heterocycles. The number of nitrogens with one attached hydrogen (secondary N) is 1. The zero-order valence-electron chi connectivity index (χ0n) is 12.2. The van der Waals surface area contributed by atoms with E-state index in [0.29, 0.717) is 12.0 Å². The van der Waals surface area contributed by atoms with Crippen LogP contribution in [0.5, 0.6) is 0 Å². The first kappa shape index (κ1) is 13.5. The molecule has 1 aliphatic carbocycles. The maximum atomic E-state index is 9.75. The van der Waals surface area contributed by atoms with Crippen LogP contribution in [0.1, 0.15) is 32.5 Å². The lowest BCUT2D eigenvalue weighted by atomic mass is 9.92. The van der Waals surface area contributed by atoms with E-state index in [1.807, 2.05) is 0 Å². The second-order valence-corrected chi connectivity index (χ2v) is 6.31. The number of fused-ring (bicyclic) bond motifs is 1. The molecule has 1 saturated carbocycles. The molecule has 0 spiro atoms. The van der Waals surface area contributed by atoms with Crippen LogP contribution in [-0.4, -0.2) is 44.3 Å². The molecule has 0 saturated heterocycles. The Balaban J connectivity index is 1.73. The summed E-state index contributed by atoms with van der Waals surface area (Å²) in [7, 11) is 0. The van der Waals surface area contributed by atoms with Gasteiger partial charge in [-0.05, 0) is 32.6 Å². The number of nitriles is 1. The van der Waals surface area contributed by atoms with Crippen LogP contribution in [0.4, 0.5) is 0 Å². The Morgan fingerprint density at radius 2 is 2.30 bits per heavy atom. The fourth-order valence-electron chi connectivity index (χ4n) is 3.15. The first-order chi connectivity index (χ1) is 9.63. The van der Waals surface area contributed by atoms with Gasteiger partial charge in [0.2, 0.25) is 0 Å². The molecule has 1 aromatic rings. The molecule has 0 amide bonds. The molecular formula is C14H22N6. The van der Waals surface area contributed by atoms with E-state index in [-0.39, 0.29) is 0 Å². The van der Waals surface area contributed by atoms with Crippen molar-refractivity contribution in [1.29, 1.82) is 5.26 Å². The minimum Gasteiger partial charge on any atom is -0.315 e. The Kier molecular flexibility index (Phi) is 3.48. The van der Waals surface area contributed by atoms with Gasteiger partial charge in [-0.1, -0.05) is 0 Å². The van der Waals surface area contributed by atoms with Crippen molar-refractivity contribution in [2.24, 2.45) is 5.92 Å². The molecule has 1 unspecified atom stereocenters. The average Bonchev–Trinajstić information content (AvgIpc) is 3.17. The minimum atomic E-state index is -0.406. The highest BCUT2D eigenvalue weighted by Crippen LogP contribution is 2.40. The molecule has 1 N–H and O–H groups in total. The molecule has 0 aromatic carbocycles. The predicted octanol–water partition coefficient (Wildman–Crippen LogP) is 0.764. The van der Waals surface area contributed by atoms with Gasteiger partial charge in [0.25, 0.3) is 0 Å². The van der Waals surface area contributed by atoms with Crippen molar-refractivity contribution in [3.63, 3.8) is 0 Å². The van der Waals surface area contributed by atoms with Gasteiger partial charge in [-0.25, -0.2) is 0 Å². The number of rotatable bonds is 5. The highest BCUT2D eigenvalue weighted by atomic mass is 15.3. The largest absolute Gasteiger partial charge is 0.315 e. The SMILES string of the molecule is CC(C)NC(C#N)(CN1CCn2cnnc2C1)C1CC1. The van der Waals surface area contributed by atoms with E-state index < -0.39 is 5.54 Å². The van der Waals surface area contributed by atoms with Gasteiger partial charge in [-0.3, -0.25) is 10.2 Å². The molecule has 2 heterocycles. The number of hydrogen-bond acceptors (Lipinski definition) is 5. The summed E-state index contributed by atoms with van der Waals surface area (Å²) in [6, 6.07) is 2.90. The van der Waals surface area contributed by atoms with Crippen LogP contribution >= 0.6 is 0 Å². The van der Waals surface area contributed by atoms with Crippen LogP contribution in [0.15, 0.2) is 6.33 Å². The van der Waals surface area contributed by atoms with Crippen molar-refractivity contribution in [1.82, 2.24) is 25.0 Å². The maximum Gasteiger partial charge on any atom is 0.147 e. The van der Waals surface area contributed by atoms with Gasteiger partial charge in [-0.15, -0.1) is 10.2 Å². The number of nitrogens with zero attached hydrogens (tertiary/aromatic N) is 5. The summed E-state index contributed by atoms with van der Waals surface area (Å²) in [4.78, 5) is 2.33. The lowest BCUT2D eigenvalue weighted by Crippen LogP contribution is -2.57. The van der Waals surface area contributed by atoms with E-state index >= 15 is 0 Å². The first-order valence-electron chi connectivity index (χ1n) is 7.41. The Hall–Kier alpha value is -1.45. The molecule has 3 rings (SSSR count). The zero-order chi connectivity index (χ0) is 14.2. The normalized spacial score (nSPS) is 22.3. The molecule has 2 aliphatic rings. The Labute approximate surface area is 119 Å². The second kappa shape index (κ2) is 5.15. The Morgan fingerprint density at radius 3 is 2.95 bits per heavy atom. The lowest BCUT2D eigenvalue weighted by molar-refractivity contribution is 0.155. The van der Waals surface area contributed by atoms with Gasteiger partial charge in [0.1, 0.15) is 17.7 Å². The topological polar surface area (TPSA) is 69.8 Å². The van der Waals surface area contributed by atoms with E-state index in [4.69, 9.17) is 0 Å². The van der Waals surface area contributed by atoms with Crippen LogP contribution in [0, 0.1) is 17.2 Å². The summed E-state index contributed by atoms with van der Waals surface area (Å²) in [5, 5.41) is 21.4. The summed E-state index contributed by atoms with van der Waals surface area (Å²) >= 11 is 0. The van der Waals surface area contributed by atoms with Crippen LogP contribution in [0.2, 0.25) is 0 Å². The smallest absolute Gasteiger partial charge is 0.147 e. The molecule has 6 heteroatoms. The summed E-state index contributed by atoms with van der Waals surface area (Å²) in [6.07, 6.45) is 4.12. The monoisotopic (exact) mass is 274 g/mol. The number of aromatic nitrogens is 3. The summed E-state index contributed by atoms with van der Waals surface area (Å²) < 4.78 is 2.09. The van der Waals surface area contributed by atoms with Crippen LogP contribution in [-0.2, 0) is 13.1 Å². The van der Waals surface area contributed by atoms with Gasteiger partial charge in [-0.2, -0.15) is 5.26 Å². The van der Waals surface area contributed by atoms with Crippen molar-refractivity contribution in [3.05, 3.63) is 12.2 Å². The molecule has 0 bridgehead atoms. The molecular weight excluding hydrogens is 252 g/mol. The Morgan fingerprint density at radius 1 is 1.50 bits per heavy atom. The lowest BCUT2D eigenvalue weighted by Gasteiger charge is -2.37. The molecule has 0 radical (unpaired) electrons. The summed E-state index contributed by atoms with van der Waals surface area (Å²) in [5.74, 6) is 1.50. The third kappa shape index (κ3) is 2.56. The number of hydrogen-bond donors (Lipinski definition) is 1. The van der Waals surface area contributed by atoms with Gasteiger partial charge in [0.05, 0.1) is 12.6 Å². The van der Waals surface area contributed by atoms with Crippen molar-refractivity contribution >= 4 is 0 Å². The molecule has 108 valence electrons. The first-order valence-corrected chi connectivity index (χ1v) is 7.41. The van der Waals surface area contributed by atoms with Crippen molar-refractivity contribution in [2.75, 3.05) is 13.1 Å². The quantitative estimate of drug-likeness (QED) is 0.858. The Bertz CT molecular complexity index is 512. The fourth-order valence-corrected chi connectivity index (χ4v) is 3.15. The van der Waals surface area contributed by atoms with E-state index in [0.717, 1.165) is 44.8 Å². The highest BCUT2D eigenvalue weighted by molar-refractivity contribution is 5.17. The highest BCUT2D eigenvalue weighted by Gasteiger charge is 2.47. The molecule has 6 nitrogen and oxygen atoms in total. The molecule has 1 aromatic heterocycles. The van der Waals surface area contributed by atoms with E-state index in [1.165, 1.54) is 0 Å². The van der Waals surface area contributed by atoms with Crippen molar-refractivity contribution < 1.29 is 0 Å².